The lowest BCUT2D eigenvalue weighted by atomic mass is 9.82. The number of hydrogen-bond donors (Lipinski definition) is 0. The van der Waals surface area contributed by atoms with Gasteiger partial charge in [0.1, 0.15) is 5.82 Å². The fourth-order valence-electron chi connectivity index (χ4n) is 1.84. The van der Waals surface area contributed by atoms with Crippen molar-refractivity contribution >= 4 is 11.9 Å². The zero-order valence-corrected chi connectivity index (χ0v) is 8.83. The first-order chi connectivity index (χ1) is 7.49. The highest BCUT2D eigenvalue weighted by Gasteiger charge is 2.45. The van der Waals surface area contributed by atoms with Crippen LogP contribution in [0.4, 0.5) is 4.39 Å². The van der Waals surface area contributed by atoms with E-state index >= 15 is 0 Å². The molecule has 1 fully saturated rings. The predicted octanol–water partition coefficient (Wildman–Crippen LogP) is 1.85. The van der Waals surface area contributed by atoms with Crippen molar-refractivity contribution in [2.24, 2.45) is 5.41 Å². The zero-order chi connectivity index (χ0) is 11.8. The summed E-state index contributed by atoms with van der Waals surface area (Å²) < 4.78 is 17.2. The molecule has 1 aliphatic heterocycles. The monoisotopic (exact) mass is 222 g/mol. The van der Waals surface area contributed by atoms with Gasteiger partial charge in [0.25, 0.3) is 0 Å². The third kappa shape index (κ3) is 1.96. The number of esters is 2. The molecular weight excluding hydrogens is 211 g/mol. The highest BCUT2D eigenvalue weighted by atomic mass is 19.1. The summed E-state index contributed by atoms with van der Waals surface area (Å²) in [5.41, 5.74) is 0.00472. The molecule has 0 saturated carbocycles. The molecule has 0 N–H and O–H groups in total. The van der Waals surface area contributed by atoms with Gasteiger partial charge in [-0.3, -0.25) is 9.59 Å². The third-order valence-corrected chi connectivity index (χ3v) is 2.74. The van der Waals surface area contributed by atoms with E-state index in [9.17, 15) is 14.0 Å². The van der Waals surface area contributed by atoms with Gasteiger partial charge in [-0.1, -0.05) is 12.1 Å². The average Bonchev–Trinajstić information content (AvgIpc) is 2.44. The van der Waals surface area contributed by atoms with Crippen molar-refractivity contribution in [1.82, 2.24) is 0 Å². The SMILES string of the molecule is CC1(Cc2ccc(F)cc2)CC(=O)OC1=O. The Kier molecular flexibility index (Phi) is 2.50. The van der Waals surface area contributed by atoms with Crippen LogP contribution in [0, 0.1) is 11.2 Å². The Hall–Kier alpha value is -1.71. The molecule has 0 bridgehead atoms. The van der Waals surface area contributed by atoms with E-state index < -0.39 is 17.4 Å². The topological polar surface area (TPSA) is 43.4 Å². The van der Waals surface area contributed by atoms with E-state index in [0.29, 0.717) is 6.42 Å². The summed E-state index contributed by atoms with van der Waals surface area (Å²) in [6.45, 7) is 1.68. The first kappa shape index (κ1) is 10.8. The maximum atomic E-state index is 12.7. The molecule has 0 radical (unpaired) electrons. The molecule has 2 rings (SSSR count). The number of cyclic esters (lactones) is 2. The lowest BCUT2D eigenvalue weighted by molar-refractivity contribution is -0.154. The lowest BCUT2D eigenvalue weighted by Crippen LogP contribution is -2.25. The molecule has 0 aliphatic carbocycles. The van der Waals surface area contributed by atoms with Crippen molar-refractivity contribution in [3.63, 3.8) is 0 Å². The molecule has 0 amide bonds. The predicted molar refractivity (Wildman–Crippen MR) is 53.9 cm³/mol. The number of carbonyl (C=O) groups excluding carboxylic acids is 2. The van der Waals surface area contributed by atoms with E-state index in [2.05, 4.69) is 4.74 Å². The zero-order valence-electron chi connectivity index (χ0n) is 8.83. The molecule has 1 atom stereocenters. The number of rotatable bonds is 2. The van der Waals surface area contributed by atoms with Crippen LogP contribution in [0.1, 0.15) is 18.9 Å². The molecule has 3 nitrogen and oxygen atoms in total. The van der Waals surface area contributed by atoms with Gasteiger partial charge in [-0.2, -0.15) is 0 Å². The lowest BCUT2D eigenvalue weighted by Gasteiger charge is -2.17. The summed E-state index contributed by atoms with van der Waals surface area (Å²) in [5, 5.41) is 0. The molecule has 0 aromatic heterocycles. The second-order valence-corrected chi connectivity index (χ2v) is 4.30. The summed E-state index contributed by atoms with van der Waals surface area (Å²) in [6.07, 6.45) is 0.473. The molecule has 1 aromatic rings. The van der Waals surface area contributed by atoms with Gasteiger partial charge in [0.2, 0.25) is 0 Å². The summed E-state index contributed by atoms with van der Waals surface area (Å²) in [6, 6.07) is 5.88. The number of carbonyl (C=O) groups is 2. The van der Waals surface area contributed by atoms with Crippen LogP contribution in [0.25, 0.3) is 0 Å². The van der Waals surface area contributed by atoms with Crippen LogP contribution in [0.5, 0.6) is 0 Å². The van der Waals surface area contributed by atoms with Gasteiger partial charge in [0.05, 0.1) is 11.8 Å². The minimum atomic E-state index is -0.811. The Bertz CT molecular complexity index is 438. The minimum Gasteiger partial charge on any atom is -0.393 e. The third-order valence-electron chi connectivity index (χ3n) is 2.74. The molecule has 4 heteroatoms. The van der Waals surface area contributed by atoms with E-state index in [1.54, 1.807) is 19.1 Å². The minimum absolute atomic E-state index is 0.0865. The van der Waals surface area contributed by atoms with Gasteiger partial charge in [0.15, 0.2) is 0 Å². The Balaban J connectivity index is 2.18. The Labute approximate surface area is 92.2 Å². The maximum absolute atomic E-state index is 12.7. The second-order valence-electron chi connectivity index (χ2n) is 4.30. The number of benzene rings is 1. The number of ether oxygens (including phenoxy) is 1. The van der Waals surface area contributed by atoms with E-state index in [-0.39, 0.29) is 12.2 Å². The molecule has 0 spiro atoms. The maximum Gasteiger partial charge on any atom is 0.320 e. The Morgan fingerprint density at radius 3 is 2.44 bits per heavy atom. The van der Waals surface area contributed by atoms with Gasteiger partial charge in [-0.05, 0) is 31.0 Å². The summed E-state index contributed by atoms with van der Waals surface area (Å²) >= 11 is 0. The van der Waals surface area contributed by atoms with Crippen LogP contribution >= 0.6 is 0 Å². The quantitative estimate of drug-likeness (QED) is 0.566. The van der Waals surface area contributed by atoms with Crippen molar-refractivity contribution in [3.05, 3.63) is 35.6 Å². The van der Waals surface area contributed by atoms with E-state index in [4.69, 9.17) is 0 Å². The van der Waals surface area contributed by atoms with Crippen molar-refractivity contribution < 1.29 is 18.7 Å². The van der Waals surface area contributed by atoms with Crippen LogP contribution in [0.2, 0.25) is 0 Å². The number of halogens is 1. The van der Waals surface area contributed by atoms with Gasteiger partial charge in [0, 0.05) is 0 Å². The van der Waals surface area contributed by atoms with Crippen molar-refractivity contribution in [2.45, 2.75) is 19.8 Å². The van der Waals surface area contributed by atoms with Crippen LogP contribution in [0.15, 0.2) is 24.3 Å². The summed E-state index contributed by atoms with van der Waals surface area (Å²) in [7, 11) is 0. The van der Waals surface area contributed by atoms with Crippen LogP contribution in [0.3, 0.4) is 0 Å². The smallest absolute Gasteiger partial charge is 0.320 e. The Morgan fingerprint density at radius 2 is 1.94 bits per heavy atom. The van der Waals surface area contributed by atoms with E-state index in [1.165, 1.54) is 12.1 Å². The van der Waals surface area contributed by atoms with Crippen molar-refractivity contribution in [1.29, 1.82) is 0 Å². The molecule has 1 saturated heterocycles. The molecule has 84 valence electrons. The van der Waals surface area contributed by atoms with Crippen LogP contribution in [-0.2, 0) is 20.7 Å². The standard InChI is InChI=1S/C12H11FO3/c1-12(7-10(14)16-11(12)15)6-8-2-4-9(13)5-3-8/h2-5H,6-7H2,1H3. The first-order valence-corrected chi connectivity index (χ1v) is 4.99. The van der Waals surface area contributed by atoms with Gasteiger partial charge in [-0.25, -0.2) is 4.39 Å². The highest BCUT2D eigenvalue weighted by molar-refractivity contribution is 5.97. The Morgan fingerprint density at radius 1 is 1.31 bits per heavy atom. The van der Waals surface area contributed by atoms with Crippen LogP contribution in [-0.4, -0.2) is 11.9 Å². The summed E-state index contributed by atoms with van der Waals surface area (Å²) in [4.78, 5) is 22.5. The fraction of sp³-hybridized carbons (Fsp3) is 0.333. The fourth-order valence-corrected chi connectivity index (χ4v) is 1.84. The van der Waals surface area contributed by atoms with Gasteiger partial charge < -0.3 is 4.74 Å². The molecule has 16 heavy (non-hydrogen) atoms. The molecule has 1 aliphatic rings. The highest BCUT2D eigenvalue weighted by Crippen LogP contribution is 2.33. The van der Waals surface area contributed by atoms with E-state index in [0.717, 1.165) is 5.56 Å². The van der Waals surface area contributed by atoms with Crippen molar-refractivity contribution in [3.8, 4) is 0 Å². The van der Waals surface area contributed by atoms with Crippen molar-refractivity contribution in [2.75, 3.05) is 0 Å². The normalized spacial score (nSPS) is 24.6. The summed E-state index contributed by atoms with van der Waals surface area (Å²) in [5.74, 6) is -1.31. The molecule has 1 aromatic carbocycles. The largest absolute Gasteiger partial charge is 0.393 e. The second kappa shape index (κ2) is 3.70. The van der Waals surface area contributed by atoms with E-state index in [1.807, 2.05) is 0 Å². The average molecular weight is 222 g/mol. The molecule has 1 heterocycles. The molecule has 1 unspecified atom stereocenters. The first-order valence-electron chi connectivity index (χ1n) is 4.99. The van der Waals surface area contributed by atoms with Gasteiger partial charge >= 0.3 is 11.9 Å². The molecular formula is C12H11FO3. The van der Waals surface area contributed by atoms with Gasteiger partial charge in [-0.15, -0.1) is 0 Å². The number of hydrogen-bond acceptors (Lipinski definition) is 3. The van der Waals surface area contributed by atoms with Crippen LogP contribution < -0.4 is 0 Å².